The molecule has 0 saturated carbocycles. The summed E-state index contributed by atoms with van der Waals surface area (Å²) >= 11 is 0. The fraction of sp³-hybridized carbons (Fsp3) is 0.556. The van der Waals surface area contributed by atoms with Gasteiger partial charge in [-0.2, -0.15) is 0 Å². The quantitative estimate of drug-likeness (QED) is 0.816. The molecule has 1 aliphatic heterocycles. The van der Waals surface area contributed by atoms with Gasteiger partial charge in [0, 0.05) is 6.04 Å². The first-order valence-corrected chi connectivity index (χ1v) is 7.90. The smallest absolute Gasteiger partial charge is 0.119 e. The van der Waals surface area contributed by atoms with Crippen molar-refractivity contribution in [3.05, 3.63) is 42.5 Å². The summed E-state index contributed by atoms with van der Waals surface area (Å²) < 4.78 is 5.36. The minimum atomic E-state index is -0.423. The lowest BCUT2D eigenvalue weighted by Crippen LogP contribution is -2.55. The van der Waals surface area contributed by atoms with Crippen molar-refractivity contribution in [3.8, 4) is 5.75 Å². The molecule has 2 unspecified atom stereocenters. The van der Waals surface area contributed by atoms with E-state index >= 15 is 0 Å². The second kappa shape index (κ2) is 7.10. The van der Waals surface area contributed by atoms with Crippen LogP contribution in [0.5, 0.6) is 5.75 Å². The van der Waals surface area contributed by atoms with Gasteiger partial charge in [-0.3, -0.25) is 4.90 Å². The number of piperidine rings is 1. The number of benzene rings is 1. The van der Waals surface area contributed by atoms with Crippen LogP contribution in [0.4, 0.5) is 0 Å². The van der Waals surface area contributed by atoms with Gasteiger partial charge in [0.05, 0.1) is 12.6 Å². The maximum Gasteiger partial charge on any atom is 0.119 e. The number of likely N-dealkylation sites (tertiary alicyclic amines) is 1. The molecule has 0 spiro atoms. The van der Waals surface area contributed by atoms with Gasteiger partial charge in [0.15, 0.2) is 0 Å². The van der Waals surface area contributed by atoms with Crippen LogP contribution in [0.3, 0.4) is 0 Å². The number of ether oxygens (including phenoxy) is 1. The monoisotopic (exact) mass is 288 g/mol. The Labute approximate surface area is 128 Å². The van der Waals surface area contributed by atoms with Crippen LogP contribution in [-0.4, -0.2) is 31.1 Å². The highest BCUT2D eigenvalue weighted by Crippen LogP contribution is 2.33. The summed E-state index contributed by atoms with van der Waals surface area (Å²) in [6, 6.07) is 8.42. The number of methoxy groups -OCH3 is 1. The van der Waals surface area contributed by atoms with Gasteiger partial charge in [0.2, 0.25) is 0 Å². The Bertz CT molecular complexity index is 468. The van der Waals surface area contributed by atoms with E-state index in [-0.39, 0.29) is 6.04 Å². The van der Waals surface area contributed by atoms with Crippen LogP contribution in [0.15, 0.2) is 36.9 Å². The summed E-state index contributed by atoms with van der Waals surface area (Å²) in [6.45, 7) is 8.44. The van der Waals surface area contributed by atoms with Crippen molar-refractivity contribution in [3.63, 3.8) is 0 Å². The molecule has 1 heterocycles. The summed E-state index contributed by atoms with van der Waals surface area (Å²) in [5.74, 6) is 0.859. The van der Waals surface area contributed by atoms with Gasteiger partial charge in [-0.1, -0.05) is 24.6 Å². The molecule has 116 valence electrons. The molecule has 2 rings (SSSR count). The molecule has 1 aromatic carbocycles. The zero-order valence-corrected chi connectivity index (χ0v) is 13.3. The first-order valence-electron chi connectivity index (χ1n) is 7.90. The molecule has 0 aliphatic carbocycles. The van der Waals surface area contributed by atoms with Gasteiger partial charge < -0.3 is 10.5 Å². The highest BCUT2D eigenvalue weighted by Gasteiger charge is 2.36. The van der Waals surface area contributed by atoms with Gasteiger partial charge in [-0.15, -0.1) is 6.58 Å². The van der Waals surface area contributed by atoms with E-state index in [4.69, 9.17) is 10.5 Å². The topological polar surface area (TPSA) is 38.5 Å². The number of nitrogens with zero attached hydrogens (tertiary/aromatic N) is 1. The predicted molar refractivity (Wildman–Crippen MR) is 88.6 cm³/mol. The first kappa shape index (κ1) is 16.1. The maximum atomic E-state index is 6.86. The average molecular weight is 288 g/mol. The van der Waals surface area contributed by atoms with E-state index in [1.54, 1.807) is 7.11 Å². The van der Waals surface area contributed by atoms with E-state index in [1.807, 2.05) is 18.2 Å². The van der Waals surface area contributed by atoms with Crippen LogP contribution in [-0.2, 0) is 5.54 Å². The summed E-state index contributed by atoms with van der Waals surface area (Å²) in [6.07, 6.45) is 6.57. The Hall–Kier alpha value is -1.32. The van der Waals surface area contributed by atoms with Crippen LogP contribution in [0.1, 0.15) is 38.2 Å². The number of rotatable bonds is 6. The Kier molecular flexibility index (Phi) is 5.43. The van der Waals surface area contributed by atoms with Gasteiger partial charge in [-0.05, 0) is 57.0 Å². The zero-order valence-electron chi connectivity index (χ0n) is 13.3. The zero-order chi connectivity index (χ0) is 15.3. The second-order valence-corrected chi connectivity index (χ2v) is 6.04. The molecule has 0 aromatic heterocycles. The van der Waals surface area contributed by atoms with Crippen LogP contribution in [0.25, 0.3) is 0 Å². The molecule has 1 saturated heterocycles. The molecule has 1 aromatic rings. The number of hydrogen-bond acceptors (Lipinski definition) is 3. The SMILES string of the molecule is C=CCC(N)(c1cccc(OC)c1)C(C)N1CCCCC1. The highest BCUT2D eigenvalue weighted by molar-refractivity contribution is 5.35. The third-order valence-corrected chi connectivity index (χ3v) is 4.77. The van der Waals surface area contributed by atoms with Crippen molar-refractivity contribution in [2.24, 2.45) is 5.73 Å². The molecule has 1 fully saturated rings. The average Bonchev–Trinajstić information content (AvgIpc) is 2.55. The largest absolute Gasteiger partial charge is 0.497 e. The lowest BCUT2D eigenvalue weighted by molar-refractivity contribution is 0.109. The minimum Gasteiger partial charge on any atom is -0.497 e. The summed E-state index contributed by atoms with van der Waals surface area (Å²) in [5.41, 5.74) is 7.56. The molecule has 3 nitrogen and oxygen atoms in total. The molecule has 0 bridgehead atoms. The van der Waals surface area contributed by atoms with E-state index < -0.39 is 5.54 Å². The normalized spacial score (nSPS) is 20.5. The third-order valence-electron chi connectivity index (χ3n) is 4.77. The van der Waals surface area contributed by atoms with E-state index in [9.17, 15) is 0 Å². The molecule has 21 heavy (non-hydrogen) atoms. The molecule has 1 aliphatic rings. The molecule has 2 atom stereocenters. The Morgan fingerprint density at radius 2 is 2.10 bits per heavy atom. The van der Waals surface area contributed by atoms with Gasteiger partial charge >= 0.3 is 0 Å². The van der Waals surface area contributed by atoms with Gasteiger partial charge in [0.1, 0.15) is 5.75 Å². The third kappa shape index (κ3) is 3.47. The van der Waals surface area contributed by atoms with Crippen LogP contribution >= 0.6 is 0 Å². The van der Waals surface area contributed by atoms with E-state index in [0.29, 0.717) is 0 Å². The lowest BCUT2D eigenvalue weighted by Gasteiger charge is -2.43. The summed E-state index contributed by atoms with van der Waals surface area (Å²) in [4.78, 5) is 2.52. The summed E-state index contributed by atoms with van der Waals surface area (Å²) in [7, 11) is 1.69. The van der Waals surface area contributed by atoms with E-state index in [1.165, 1.54) is 19.3 Å². The minimum absolute atomic E-state index is 0.280. The predicted octanol–water partition coefficient (Wildman–Crippen LogP) is 3.30. The highest BCUT2D eigenvalue weighted by atomic mass is 16.5. The van der Waals surface area contributed by atoms with Crippen LogP contribution < -0.4 is 10.5 Å². The molecule has 3 heteroatoms. The standard InChI is InChI=1S/C18H28N2O/c1-4-11-18(19,15(2)20-12-6-5-7-13-20)16-9-8-10-17(14-16)21-3/h4,8-10,14-15H,1,5-7,11-13,19H2,2-3H3. The Balaban J connectivity index is 2.30. The Morgan fingerprint density at radius 1 is 1.38 bits per heavy atom. The molecule has 0 amide bonds. The Morgan fingerprint density at radius 3 is 2.71 bits per heavy atom. The number of hydrogen-bond donors (Lipinski definition) is 1. The van der Waals surface area contributed by atoms with Crippen LogP contribution in [0, 0.1) is 0 Å². The van der Waals surface area contributed by atoms with Crippen molar-refractivity contribution >= 4 is 0 Å². The molecule has 2 N–H and O–H groups in total. The van der Waals surface area contributed by atoms with Crippen LogP contribution in [0.2, 0.25) is 0 Å². The molecular weight excluding hydrogens is 260 g/mol. The van der Waals surface area contributed by atoms with Crippen molar-refractivity contribution in [1.82, 2.24) is 4.90 Å². The fourth-order valence-electron chi connectivity index (χ4n) is 3.31. The van der Waals surface area contributed by atoms with Crippen molar-refractivity contribution in [2.45, 2.75) is 44.2 Å². The number of nitrogens with two attached hydrogens (primary N) is 1. The first-order chi connectivity index (χ1) is 10.1. The summed E-state index contributed by atoms with van der Waals surface area (Å²) in [5, 5.41) is 0. The van der Waals surface area contributed by atoms with E-state index in [0.717, 1.165) is 30.8 Å². The molecule has 0 radical (unpaired) electrons. The van der Waals surface area contributed by atoms with Crippen molar-refractivity contribution < 1.29 is 4.74 Å². The van der Waals surface area contributed by atoms with Gasteiger partial charge in [-0.25, -0.2) is 0 Å². The van der Waals surface area contributed by atoms with Crippen molar-refractivity contribution in [1.29, 1.82) is 0 Å². The van der Waals surface area contributed by atoms with Gasteiger partial charge in [0.25, 0.3) is 0 Å². The lowest BCUT2D eigenvalue weighted by atomic mass is 9.80. The molecular formula is C18H28N2O. The fourth-order valence-corrected chi connectivity index (χ4v) is 3.31. The van der Waals surface area contributed by atoms with E-state index in [2.05, 4.69) is 30.5 Å². The second-order valence-electron chi connectivity index (χ2n) is 6.04. The maximum absolute atomic E-state index is 6.86. The van der Waals surface area contributed by atoms with Crippen molar-refractivity contribution in [2.75, 3.05) is 20.2 Å².